The molecule has 1 saturated heterocycles. The molecule has 2 heterocycles. The largest absolute Gasteiger partial charge is 0.379 e. The quantitative estimate of drug-likeness (QED) is 0.454. The van der Waals surface area contributed by atoms with Crippen LogP contribution in [0.5, 0.6) is 0 Å². The number of morpholine rings is 1. The van der Waals surface area contributed by atoms with E-state index < -0.39 is 17.6 Å². The number of aliphatic hydroxyl groups excluding tert-OH is 1. The summed E-state index contributed by atoms with van der Waals surface area (Å²) in [5, 5.41) is 17.2. The van der Waals surface area contributed by atoms with Gasteiger partial charge in [0.25, 0.3) is 5.56 Å². The van der Waals surface area contributed by atoms with Gasteiger partial charge in [-0.05, 0) is 35.9 Å². The predicted molar refractivity (Wildman–Crippen MR) is 115 cm³/mol. The number of halogens is 1. The summed E-state index contributed by atoms with van der Waals surface area (Å²) in [5.74, 6) is -0.471. The Morgan fingerprint density at radius 3 is 2.71 bits per heavy atom. The molecule has 160 valence electrons. The Bertz CT molecular complexity index is 1170. The van der Waals surface area contributed by atoms with Crippen LogP contribution >= 0.6 is 0 Å². The fraction of sp³-hybridized carbons (Fsp3) is 0.227. The molecule has 9 heteroatoms. The minimum Gasteiger partial charge on any atom is -0.379 e. The zero-order chi connectivity index (χ0) is 21.8. The maximum absolute atomic E-state index is 14.1. The maximum atomic E-state index is 14.1. The van der Waals surface area contributed by atoms with Crippen LogP contribution in [0.1, 0.15) is 17.4 Å². The Morgan fingerprint density at radius 1 is 1.26 bits per heavy atom. The number of ether oxygens (including phenoxy) is 1. The van der Waals surface area contributed by atoms with Crippen LogP contribution in [0.4, 0.5) is 10.1 Å². The molecule has 0 saturated carbocycles. The highest BCUT2D eigenvalue weighted by atomic mass is 19.1. The summed E-state index contributed by atoms with van der Waals surface area (Å²) in [4.78, 5) is 16.9. The first-order valence-corrected chi connectivity index (χ1v) is 9.83. The molecule has 1 fully saturated rings. The number of nitrogens with zero attached hydrogens (tertiary/aromatic N) is 2. The van der Waals surface area contributed by atoms with Gasteiger partial charge in [-0.2, -0.15) is 5.11 Å². The molecule has 4 rings (SSSR count). The molecular weight excluding hydrogens is 401 g/mol. The van der Waals surface area contributed by atoms with Crippen molar-refractivity contribution in [2.45, 2.75) is 6.23 Å². The topological polar surface area (TPSA) is 114 Å². The number of benzene rings is 2. The summed E-state index contributed by atoms with van der Waals surface area (Å²) in [5.41, 5.74) is 8.93. The van der Waals surface area contributed by atoms with Crippen molar-refractivity contribution in [1.29, 1.82) is 5.53 Å². The van der Waals surface area contributed by atoms with Crippen molar-refractivity contribution in [2.75, 3.05) is 31.6 Å². The number of fused-ring (bicyclic) bond motifs is 1. The molecule has 1 aliphatic rings. The Balaban J connectivity index is 1.53. The molecule has 3 aromatic rings. The van der Waals surface area contributed by atoms with Crippen LogP contribution in [0.3, 0.4) is 0 Å². The normalized spacial score (nSPS) is 16.3. The van der Waals surface area contributed by atoms with Crippen molar-refractivity contribution in [3.8, 4) is 0 Å². The first kappa shape index (κ1) is 20.9. The van der Waals surface area contributed by atoms with Gasteiger partial charge in [-0.25, -0.2) is 9.92 Å². The van der Waals surface area contributed by atoms with Gasteiger partial charge in [-0.1, -0.05) is 18.2 Å². The van der Waals surface area contributed by atoms with E-state index in [1.165, 1.54) is 24.4 Å². The molecule has 1 atom stereocenters. The van der Waals surface area contributed by atoms with E-state index in [9.17, 15) is 14.3 Å². The summed E-state index contributed by atoms with van der Waals surface area (Å²) in [6.45, 7) is 2.52. The van der Waals surface area contributed by atoms with Crippen LogP contribution < -0.4 is 10.9 Å². The second kappa shape index (κ2) is 9.17. The maximum Gasteiger partial charge on any atom is 0.258 e. The van der Waals surface area contributed by atoms with Gasteiger partial charge in [-0.3, -0.25) is 9.69 Å². The average molecular weight is 423 g/mol. The van der Waals surface area contributed by atoms with Gasteiger partial charge in [0.05, 0.1) is 24.3 Å². The number of nitrogens with one attached hydrogen (secondary N) is 3. The summed E-state index contributed by atoms with van der Waals surface area (Å²) in [7, 11) is 0. The third kappa shape index (κ3) is 4.53. The number of rotatable bonds is 6. The fourth-order valence-electron chi connectivity index (χ4n) is 3.49. The Labute approximate surface area is 177 Å². The number of hydrogen-bond donors (Lipinski definition) is 4. The first-order chi connectivity index (χ1) is 15.1. The van der Waals surface area contributed by atoms with Crippen LogP contribution in [-0.2, 0) is 4.74 Å². The standard InChI is InChI=1S/C22H22FN5O3/c23-18-2-1-3-19-16(18)12-17(21(29)26-19)20(27-24)13-25-15-6-4-14(5-7-15)22(30)28-8-10-31-11-9-28/h1-7,12-13,22,24-25,30H,8-11H2,(H,26,29)/b20-13-,27-24?. The molecule has 1 unspecified atom stereocenters. The molecule has 0 spiro atoms. The smallest absolute Gasteiger partial charge is 0.258 e. The molecule has 8 nitrogen and oxygen atoms in total. The van der Waals surface area contributed by atoms with Gasteiger partial charge in [0.15, 0.2) is 0 Å². The fourth-order valence-corrected chi connectivity index (χ4v) is 3.49. The Hall–Kier alpha value is -3.40. The lowest BCUT2D eigenvalue weighted by Gasteiger charge is -2.31. The number of hydrogen-bond acceptors (Lipinski definition) is 7. The molecule has 1 aliphatic heterocycles. The molecule has 31 heavy (non-hydrogen) atoms. The van der Waals surface area contributed by atoms with E-state index in [0.717, 1.165) is 5.56 Å². The van der Waals surface area contributed by atoms with E-state index in [-0.39, 0.29) is 16.6 Å². The van der Waals surface area contributed by atoms with E-state index in [1.807, 2.05) is 4.90 Å². The van der Waals surface area contributed by atoms with Crippen LogP contribution in [0, 0.1) is 11.3 Å². The van der Waals surface area contributed by atoms with Gasteiger partial charge in [0.1, 0.15) is 17.7 Å². The van der Waals surface area contributed by atoms with E-state index in [0.29, 0.717) is 37.5 Å². The van der Waals surface area contributed by atoms with E-state index >= 15 is 0 Å². The molecule has 4 N–H and O–H groups in total. The predicted octanol–water partition coefficient (Wildman–Crippen LogP) is 3.43. The monoisotopic (exact) mass is 423 g/mol. The van der Waals surface area contributed by atoms with Crippen molar-refractivity contribution in [2.24, 2.45) is 5.11 Å². The van der Waals surface area contributed by atoms with Crippen LogP contribution in [0.25, 0.3) is 16.6 Å². The summed E-state index contributed by atoms with van der Waals surface area (Å²) in [6, 6.07) is 13.0. The number of anilines is 1. The number of aromatic nitrogens is 1. The lowest BCUT2D eigenvalue weighted by atomic mass is 10.1. The van der Waals surface area contributed by atoms with Crippen molar-refractivity contribution in [3.05, 3.63) is 82.0 Å². The summed E-state index contributed by atoms with van der Waals surface area (Å²) >= 11 is 0. The SMILES string of the molecule is N=N/C(=C\Nc1ccc(C(O)N2CCOCC2)cc1)c1cc2c(F)cccc2[nH]c1=O. The molecule has 0 aliphatic carbocycles. The average Bonchev–Trinajstić information content (AvgIpc) is 2.80. The Kier molecular flexibility index (Phi) is 6.17. The van der Waals surface area contributed by atoms with Crippen molar-refractivity contribution in [3.63, 3.8) is 0 Å². The first-order valence-electron chi connectivity index (χ1n) is 9.83. The van der Waals surface area contributed by atoms with E-state index in [2.05, 4.69) is 15.4 Å². The third-order valence-electron chi connectivity index (χ3n) is 5.21. The van der Waals surface area contributed by atoms with Crippen molar-refractivity contribution < 1.29 is 14.2 Å². The van der Waals surface area contributed by atoms with Gasteiger partial charge in [-0.15, -0.1) is 0 Å². The van der Waals surface area contributed by atoms with E-state index in [1.54, 1.807) is 30.3 Å². The lowest BCUT2D eigenvalue weighted by molar-refractivity contribution is -0.0603. The zero-order valence-electron chi connectivity index (χ0n) is 16.6. The van der Waals surface area contributed by atoms with Gasteiger partial charge in [0.2, 0.25) is 0 Å². The number of aliphatic hydroxyl groups is 1. The highest BCUT2D eigenvalue weighted by Crippen LogP contribution is 2.22. The Morgan fingerprint density at radius 2 is 2.00 bits per heavy atom. The minimum atomic E-state index is -0.710. The van der Waals surface area contributed by atoms with Gasteiger partial charge >= 0.3 is 0 Å². The highest BCUT2D eigenvalue weighted by molar-refractivity contribution is 5.83. The number of H-pyrrole nitrogens is 1. The molecule has 0 radical (unpaired) electrons. The van der Waals surface area contributed by atoms with Crippen molar-refractivity contribution in [1.82, 2.24) is 9.88 Å². The molecule has 0 amide bonds. The van der Waals surface area contributed by atoms with Crippen LogP contribution in [0.2, 0.25) is 0 Å². The third-order valence-corrected chi connectivity index (χ3v) is 5.21. The van der Waals surface area contributed by atoms with Crippen LogP contribution in [0.15, 0.2) is 64.6 Å². The zero-order valence-corrected chi connectivity index (χ0v) is 16.6. The number of pyridine rings is 1. The molecular formula is C22H22FN5O3. The molecule has 2 aromatic carbocycles. The summed E-state index contributed by atoms with van der Waals surface area (Å²) < 4.78 is 19.4. The number of aromatic amines is 1. The lowest BCUT2D eigenvalue weighted by Crippen LogP contribution is -2.38. The summed E-state index contributed by atoms with van der Waals surface area (Å²) in [6.07, 6.45) is 0.704. The van der Waals surface area contributed by atoms with E-state index in [4.69, 9.17) is 10.3 Å². The molecule has 0 bridgehead atoms. The second-order valence-electron chi connectivity index (χ2n) is 7.14. The van der Waals surface area contributed by atoms with Gasteiger partial charge < -0.3 is 20.1 Å². The second-order valence-corrected chi connectivity index (χ2v) is 7.14. The molecule has 1 aromatic heterocycles. The van der Waals surface area contributed by atoms with Crippen molar-refractivity contribution >= 4 is 22.3 Å². The van der Waals surface area contributed by atoms with Crippen LogP contribution in [-0.4, -0.2) is 41.3 Å². The highest BCUT2D eigenvalue weighted by Gasteiger charge is 2.20. The van der Waals surface area contributed by atoms with Gasteiger partial charge in [0, 0.05) is 30.4 Å². The minimum absolute atomic E-state index is 0.0591.